The minimum Gasteiger partial charge on any atom is -0.467 e. The van der Waals surface area contributed by atoms with E-state index in [1.54, 1.807) is 14.1 Å². The number of urea groups is 1. The zero-order chi connectivity index (χ0) is 11.3. The molecular weight excluding hydrogens is 184 g/mol. The van der Waals surface area contributed by atoms with Crippen molar-refractivity contribution < 1.29 is 14.3 Å². The minimum absolute atomic E-state index is 0.00588. The van der Waals surface area contributed by atoms with E-state index in [4.69, 9.17) is 0 Å². The quantitative estimate of drug-likeness (QED) is 0.676. The normalized spacial score (nSPS) is 12.1. The highest BCUT2D eigenvalue weighted by Crippen LogP contribution is 2.03. The molecule has 1 atom stereocenters. The van der Waals surface area contributed by atoms with Gasteiger partial charge >= 0.3 is 12.0 Å². The van der Waals surface area contributed by atoms with E-state index < -0.39 is 12.0 Å². The van der Waals surface area contributed by atoms with Gasteiger partial charge in [0.2, 0.25) is 0 Å². The Balaban J connectivity index is 4.38. The van der Waals surface area contributed by atoms with Gasteiger partial charge in [0.05, 0.1) is 7.11 Å². The molecule has 0 saturated carbocycles. The number of esters is 1. The van der Waals surface area contributed by atoms with Gasteiger partial charge in [-0.25, -0.2) is 9.59 Å². The van der Waals surface area contributed by atoms with Crippen molar-refractivity contribution in [3.63, 3.8) is 0 Å². The van der Waals surface area contributed by atoms with Gasteiger partial charge in [-0.05, 0) is 5.92 Å². The molecule has 0 bridgehead atoms. The monoisotopic (exact) mass is 202 g/mol. The van der Waals surface area contributed by atoms with Gasteiger partial charge in [0, 0.05) is 14.1 Å². The fourth-order valence-corrected chi connectivity index (χ4v) is 0.887. The maximum Gasteiger partial charge on any atom is 0.328 e. The van der Waals surface area contributed by atoms with E-state index in [1.807, 2.05) is 13.8 Å². The van der Waals surface area contributed by atoms with Crippen LogP contribution in [0.25, 0.3) is 0 Å². The minimum atomic E-state index is -0.588. The van der Waals surface area contributed by atoms with Crippen molar-refractivity contribution in [2.45, 2.75) is 19.9 Å². The molecule has 2 amide bonds. The topological polar surface area (TPSA) is 58.6 Å². The van der Waals surface area contributed by atoms with Gasteiger partial charge in [-0.2, -0.15) is 0 Å². The lowest BCUT2D eigenvalue weighted by atomic mass is 10.1. The Morgan fingerprint density at radius 2 is 1.79 bits per heavy atom. The van der Waals surface area contributed by atoms with Gasteiger partial charge in [0.15, 0.2) is 0 Å². The van der Waals surface area contributed by atoms with Crippen molar-refractivity contribution in [3.8, 4) is 0 Å². The van der Waals surface area contributed by atoms with Gasteiger partial charge in [-0.3, -0.25) is 0 Å². The molecule has 5 heteroatoms. The summed E-state index contributed by atoms with van der Waals surface area (Å²) in [5, 5.41) is 2.58. The first-order valence-corrected chi connectivity index (χ1v) is 4.45. The summed E-state index contributed by atoms with van der Waals surface area (Å²) >= 11 is 0. The van der Waals surface area contributed by atoms with Crippen molar-refractivity contribution in [1.82, 2.24) is 10.2 Å². The highest BCUT2D eigenvalue weighted by molar-refractivity contribution is 5.83. The van der Waals surface area contributed by atoms with Crippen LogP contribution in [0.2, 0.25) is 0 Å². The molecule has 1 N–H and O–H groups in total. The zero-order valence-corrected chi connectivity index (χ0v) is 9.33. The Hall–Kier alpha value is -1.26. The Labute approximate surface area is 84.4 Å². The number of nitrogens with one attached hydrogen (secondary N) is 1. The van der Waals surface area contributed by atoms with Crippen LogP contribution in [-0.2, 0) is 9.53 Å². The van der Waals surface area contributed by atoms with Crippen LogP contribution < -0.4 is 5.32 Å². The van der Waals surface area contributed by atoms with E-state index >= 15 is 0 Å². The first-order valence-electron chi connectivity index (χ1n) is 4.45. The smallest absolute Gasteiger partial charge is 0.328 e. The van der Waals surface area contributed by atoms with Crippen molar-refractivity contribution in [3.05, 3.63) is 0 Å². The number of nitrogens with zero attached hydrogens (tertiary/aromatic N) is 1. The van der Waals surface area contributed by atoms with E-state index in [9.17, 15) is 9.59 Å². The number of ether oxygens (including phenoxy) is 1. The third-order valence-corrected chi connectivity index (χ3v) is 1.81. The summed E-state index contributed by atoms with van der Waals surface area (Å²) in [5.74, 6) is -0.415. The second-order valence-electron chi connectivity index (χ2n) is 3.59. The highest BCUT2D eigenvalue weighted by atomic mass is 16.5. The molecule has 0 aliphatic heterocycles. The fraction of sp³-hybridized carbons (Fsp3) is 0.778. The standard InChI is InChI=1S/C9H18N2O3/c1-6(2)7(8(12)14-5)10-9(13)11(3)4/h6-7H,1-5H3,(H,10,13)/t7-/m0/s1. The van der Waals surface area contributed by atoms with Crippen molar-refractivity contribution in [2.75, 3.05) is 21.2 Å². The van der Waals surface area contributed by atoms with Crippen molar-refractivity contribution in [1.29, 1.82) is 0 Å². The van der Waals surface area contributed by atoms with E-state index in [0.29, 0.717) is 0 Å². The lowest BCUT2D eigenvalue weighted by Crippen LogP contribution is -2.48. The van der Waals surface area contributed by atoms with E-state index in [1.165, 1.54) is 12.0 Å². The molecule has 0 rings (SSSR count). The van der Waals surface area contributed by atoms with Gasteiger partial charge < -0.3 is 15.0 Å². The van der Waals surface area contributed by atoms with Gasteiger partial charge in [-0.1, -0.05) is 13.8 Å². The van der Waals surface area contributed by atoms with Crippen molar-refractivity contribution >= 4 is 12.0 Å². The fourth-order valence-electron chi connectivity index (χ4n) is 0.887. The lowest BCUT2D eigenvalue weighted by Gasteiger charge is -2.22. The third-order valence-electron chi connectivity index (χ3n) is 1.81. The maximum atomic E-state index is 11.3. The SMILES string of the molecule is COC(=O)[C@@H](NC(=O)N(C)C)C(C)C. The molecule has 0 fully saturated rings. The van der Waals surface area contributed by atoms with Gasteiger partial charge in [0.1, 0.15) is 6.04 Å². The molecular formula is C9H18N2O3. The largest absolute Gasteiger partial charge is 0.467 e. The maximum absolute atomic E-state index is 11.3. The summed E-state index contributed by atoms with van der Waals surface area (Å²) < 4.78 is 4.58. The molecule has 0 aliphatic rings. The number of amides is 2. The summed E-state index contributed by atoms with van der Waals surface area (Å²) in [6.07, 6.45) is 0. The molecule has 0 radical (unpaired) electrons. The average molecular weight is 202 g/mol. The molecule has 0 aromatic carbocycles. The molecule has 0 spiro atoms. The number of carbonyl (C=O) groups excluding carboxylic acids is 2. The first-order chi connectivity index (χ1) is 6.40. The number of methoxy groups -OCH3 is 1. The predicted molar refractivity (Wildman–Crippen MR) is 52.9 cm³/mol. The van der Waals surface area contributed by atoms with Crippen LogP contribution in [-0.4, -0.2) is 44.1 Å². The number of hydrogen-bond donors (Lipinski definition) is 1. The molecule has 0 unspecified atom stereocenters. The van der Waals surface area contributed by atoms with Crippen molar-refractivity contribution in [2.24, 2.45) is 5.92 Å². The van der Waals surface area contributed by atoms with Crippen LogP contribution in [0.1, 0.15) is 13.8 Å². The summed E-state index contributed by atoms with van der Waals surface area (Å²) in [4.78, 5) is 23.9. The number of hydrogen-bond acceptors (Lipinski definition) is 3. The second kappa shape index (κ2) is 5.47. The Morgan fingerprint density at radius 3 is 2.07 bits per heavy atom. The second-order valence-corrected chi connectivity index (χ2v) is 3.59. The summed E-state index contributed by atoms with van der Waals surface area (Å²) in [7, 11) is 4.54. The molecule has 0 saturated heterocycles. The zero-order valence-electron chi connectivity index (χ0n) is 9.33. The summed E-state index contributed by atoms with van der Waals surface area (Å²) in [6, 6.07) is -0.885. The first kappa shape index (κ1) is 12.7. The van der Waals surface area contributed by atoms with E-state index in [-0.39, 0.29) is 11.9 Å². The summed E-state index contributed by atoms with van der Waals surface area (Å²) in [5.41, 5.74) is 0. The summed E-state index contributed by atoms with van der Waals surface area (Å²) in [6.45, 7) is 3.69. The van der Waals surface area contributed by atoms with Crippen LogP contribution in [0.3, 0.4) is 0 Å². The molecule has 0 aromatic heterocycles. The van der Waals surface area contributed by atoms with Crippen LogP contribution in [0.5, 0.6) is 0 Å². The Morgan fingerprint density at radius 1 is 1.29 bits per heavy atom. The van der Waals surface area contributed by atoms with E-state index in [2.05, 4.69) is 10.1 Å². The highest BCUT2D eigenvalue weighted by Gasteiger charge is 2.25. The molecule has 82 valence electrons. The van der Waals surface area contributed by atoms with Crippen LogP contribution >= 0.6 is 0 Å². The lowest BCUT2D eigenvalue weighted by molar-refractivity contribution is -0.144. The van der Waals surface area contributed by atoms with Gasteiger partial charge in [0.25, 0.3) is 0 Å². The van der Waals surface area contributed by atoms with Crippen LogP contribution in [0.4, 0.5) is 4.79 Å². The molecule has 14 heavy (non-hydrogen) atoms. The number of rotatable bonds is 3. The third kappa shape index (κ3) is 3.64. The molecule has 0 aliphatic carbocycles. The predicted octanol–water partition coefficient (Wildman–Crippen LogP) is 0.455. The van der Waals surface area contributed by atoms with Gasteiger partial charge in [-0.15, -0.1) is 0 Å². The van der Waals surface area contributed by atoms with E-state index in [0.717, 1.165) is 0 Å². The number of carbonyl (C=O) groups is 2. The Bertz CT molecular complexity index is 214. The van der Waals surface area contributed by atoms with Crippen LogP contribution in [0.15, 0.2) is 0 Å². The Kier molecular flexibility index (Phi) is 4.97. The average Bonchev–Trinajstić information content (AvgIpc) is 2.11. The molecule has 5 nitrogen and oxygen atoms in total. The molecule has 0 aromatic rings. The van der Waals surface area contributed by atoms with Crippen LogP contribution in [0, 0.1) is 5.92 Å². The molecule has 0 heterocycles.